The molecule has 0 radical (unpaired) electrons. The Balaban J connectivity index is 5.47. The van der Waals surface area contributed by atoms with Gasteiger partial charge in [-0.2, -0.15) is 0 Å². The number of rotatable bonds is 4. The normalized spacial score (nSPS) is 28.9. The summed E-state index contributed by atoms with van der Waals surface area (Å²) >= 11 is 0. The number of hydrogen-bond donors (Lipinski definition) is 1. The maximum absolute atomic E-state index is 10.5. The monoisotopic (exact) mass is 169 g/mol. The first kappa shape index (κ1) is 3.03. The lowest BCUT2D eigenvalue weighted by molar-refractivity contribution is -0.873. The molecule has 66 valence electrons. The molecular weight excluding hydrogens is 146 g/mol. The molecular formula is C7H15NO3. The van der Waals surface area contributed by atoms with Crippen molar-refractivity contribution in [1.29, 1.82) is 0 Å². The standard InChI is InChI=1S/C7H15NO3/c1-8(2,3)5-6(9)4-7(10)11/h6,9H,4-5H2,1-3H3/t6-/m0/s1/i1D3,2D3,4D2. The molecule has 0 saturated carbocycles. The zero-order valence-corrected chi connectivity index (χ0v) is 6.00. The van der Waals surface area contributed by atoms with E-state index in [0.717, 1.165) is 7.05 Å². The van der Waals surface area contributed by atoms with Gasteiger partial charge >= 0.3 is 0 Å². The van der Waals surface area contributed by atoms with Crippen molar-refractivity contribution in [2.75, 3.05) is 27.5 Å². The van der Waals surface area contributed by atoms with Gasteiger partial charge in [0.05, 0.1) is 29.2 Å². The van der Waals surface area contributed by atoms with Crippen LogP contribution in [0, 0.1) is 0 Å². The molecule has 0 saturated heterocycles. The molecule has 0 rings (SSSR count). The highest BCUT2D eigenvalue weighted by Gasteiger charge is 2.14. The van der Waals surface area contributed by atoms with E-state index in [2.05, 4.69) is 0 Å². The van der Waals surface area contributed by atoms with Crippen molar-refractivity contribution >= 4 is 5.97 Å². The largest absolute Gasteiger partial charge is 0.550 e. The van der Waals surface area contributed by atoms with Crippen LogP contribution in [0.4, 0.5) is 0 Å². The van der Waals surface area contributed by atoms with Gasteiger partial charge in [0.25, 0.3) is 0 Å². The Morgan fingerprint density at radius 1 is 1.91 bits per heavy atom. The molecule has 0 aromatic carbocycles. The van der Waals surface area contributed by atoms with E-state index in [9.17, 15) is 15.0 Å². The fourth-order valence-electron chi connectivity index (χ4n) is 0.528. The van der Waals surface area contributed by atoms with Crippen LogP contribution in [0.1, 0.15) is 17.3 Å². The molecule has 0 aliphatic rings. The van der Waals surface area contributed by atoms with Gasteiger partial charge in [-0.05, 0) is 0 Å². The quantitative estimate of drug-likeness (QED) is 0.505. The third-order valence-electron chi connectivity index (χ3n) is 0.823. The lowest BCUT2D eigenvalue weighted by Gasteiger charge is -2.26. The molecule has 4 nitrogen and oxygen atoms in total. The Kier molecular flexibility index (Phi) is 1.02. The highest BCUT2D eigenvalue weighted by atomic mass is 16.4. The fourth-order valence-corrected chi connectivity index (χ4v) is 0.528. The lowest BCUT2D eigenvalue weighted by Crippen LogP contribution is -2.43. The van der Waals surface area contributed by atoms with E-state index in [4.69, 9.17) is 11.0 Å². The summed E-state index contributed by atoms with van der Waals surface area (Å²) in [4.78, 5) is 10.5. The summed E-state index contributed by atoms with van der Waals surface area (Å²) in [5.74, 6) is -2.25. The summed E-state index contributed by atoms with van der Waals surface area (Å²) in [6, 6.07) is 0. The van der Waals surface area contributed by atoms with Crippen molar-refractivity contribution in [1.82, 2.24) is 0 Å². The lowest BCUT2D eigenvalue weighted by atomic mass is 10.2. The van der Waals surface area contributed by atoms with Crippen LogP contribution in [0.5, 0.6) is 0 Å². The predicted octanol–water partition coefficient (Wildman–Crippen LogP) is -1.81. The number of carboxylic acid groups (broad SMARTS) is 1. The number of carbonyl (C=O) groups is 1. The van der Waals surface area contributed by atoms with E-state index in [1.165, 1.54) is 0 Å². The highest BCUT2D eigenvalue weighted by Crippen LogP contribution is 1.97. The molecule has 0 fully saturated rings. The van der Waals surface area contributed by atoms with Crippen LogP contribution < -0.4 is 5.11 Å². The molecule has 0 amide bonds. The maximum atomic E-state index is 10.5. The van der Waals surface area contributed by atoms with Gasteiger partial charge in [0.1, 0.15) is 12.6 Å². The summed E-state index contributed by atoms with van der Waals surface area (Å²) < 4.78 is 55.6. The first-order chi connectivity index (χ1) is 8.07. The van der Waals surface area contributed by atoms with Crippen LogP contribution in [-0.4, -0.2) is 49.2 Å². The minimum absolute atomic E-state index is 0.772. The number of aliphatic hydroxyl groups is 1. The Hall–Kier alpha value is -0.610. The Morgan fingerprint density at radius 3 is 2.82 bits per heavy atom. The third-order valence-corrected chi connectivity index (χ3v) is 0.823. The van der Waals surface area contributed by atoms with Gasteiger partial charge in [-0.25, -0.2) is 0 Å². The zero-order valence-electron chi connectivity index (χ0n) is 14.0. The van der Waals surface area contributed by atoms with Crippen LogP contribution >= 0.6 is 0 Å². The fraction of sp³-hybridized carbons (Fsp3) is 0.857. The predicted molar refractivity (Wildman–Crippen MR) is 38.5 cm³/mol. The van der Waals surface area contributed by atoms with Crippen molar-refractivity contribution in [3.8, 4) is 0 Å². The van der Waals surface area contributed by atoms with Gasteiger partial charge in [-0.1, -0.05) is 0 Å². The molecule has 0 bridgehead atoms. The molecule has 0 heterocycles. The summed E-state index contributed by atoms with van der Waals surface area (Å²) in [6.45, 7) is -7.31. The van der Waals surface area contributed by atoms with Gasteiger partial charge in [0.2, 0.25) is 0 Å². The smallest absolute Gasteiger partial charge is 0.108 e. The highest BCUT2D eigenvalue weighted by molar-refractivity contribution is 5.64. The summed E-state index contributed by atoms with van der Waals surface area (Å²) in [5, 5.41) is 20.0. The van der Waals surface area contributed by atoms with Crippen LogP contribution in [0.25, 0.3) is 0 Å². The molecule has 1 N–H and O–H groups in total. The van der Waals surface area contributed by atoms with Gasteiger partial charge < -0.3 is 19.5 Å². The minimum atomic E-state index is -3.25. The third kappa shape index (κ3) is 7.29. The van der Waals surface area contributed by atoms with Gasteiger partial charge in [-0.3, -0.25) is 0 Å². The Labute approximate surface area is 77.9 Å². The molecule has 4 heteroatoms. The van der Waals surface area contributed by atoms with Crippen molar-refractivity contribution in [2.24, 2.45) is 0 Å². The van der Waals surface area contributed by atoms with Crippen molar-refractivity contribution in [2.45, 2.75) is 12.5 Å². The van der Waals surface area contributed by atoms with E-state index < -0.39 is 43.4 Å². The zero-order chi connectivity index (χ0) is 15.9. The summed E-state index contributed by atoms with van der Waals surface area (Å²) in [7, 11) is 0.772. The van der Waals surface area contributed by atoms with Crippen LogP contribution in [0.2, 0.25) is 0 Å². The first-order valence-electron chi connectivity index (χ1n) is 6.82. The molecule has 0 aliphatic heterocycles. The molecule has 0 aromatic heterocycles. The first-order valence-corrected chi connectivity index (χ1v) is 2.82. The van der Waals surface area contributed by atoms with Gasteiger partial charge in [0.15, 0.2) is 0 Å². The number of carboxylic acids is 1. The number of carbonyl (C=O) groups excluding carboxylic acids is 1. The second-order valence-electron chi connectivity index (χ2n) is 2.32. The number of aliphatic carboxylic acids is 1. The van der Waals surface area contributed by atoms with E-state index >= 15 is 0 Å². The van der Waals surface area contributed by atoms with Crippen molar-refractivity contribution < 1.29 is 30.5 Å². The second kappa shape index (κ2) is 3.69. The second-order valence-corrected chi connectivity index (χ2v) is 2.32. The van der Waals surface area contributed by atoms with E-state index in [-0.39, 0.29) is 0 Å². The number of nitrogens with zero attached hydrogens (tertiary/aromatic N) is 1. The number of likely N-dealkylation sites (N-methyl/N-ethyl adjacent to an activating group) is 1. The average molecular weight is 169 g/mol. The molecule has 0 aromatic rings. The van der Waals surface area contributed by atoms with Gasteiger partial charge in [-0.15, -0.1) is 0 Å². The van der Waals surface area contributed by atoms with E-state index in [1.54, 1.807) is 0 Å². The van der Waals surface area contributed by atoms with Crippen LogP contribution in [-0.2, 0) is 4.79 Å². The molecule has 1 atom stereocenters. The number of quaternary nitrogens is 1. The molecule has 11 heavy (non-hydrogen) atoms. The summed E-state index contributed by atoms with van der Waals surface area (Å²) in [5.41, 5.74) is 0. The Bertz CT molecular complexity index is 335. The SMILES string of the molecule is [2H]C([2H])(C(=O)[O-])[C@H](O)C[N+](C)(C([2H])([2H])[2H])C([2H])([2H])[2H]. The summed E-state index contributed by atoms with van der Waals surface area (Å²) in [6.07, 6.45) is -5.60. The van der Waals surface area contributed by atoms with E-state index in [1.807, 2.05) is 0 Å². The maximum Gasteiger partial charge on any atom is 0.108 e. The van der Waals surface area contributed by atoms with Crippen molar-refractivity contribution in [3.63, 3.8) is 0 Å². The molecule has 0 aliphatic carbocycles. The number of aliphatic hydroxyl groups excluding tert-OH is 1. The van der Waals surface area contributed by atoms with Crippen LogP contribution in [0.3, 0.4) is 0 Å². The molecule has 0 spiro atoms. The van der Waals surface area contributed by atoms with Gasteiger partial charge in [0, 0.05) is 15.1 Å². The average Bonchev–Trinajstić information content (AvgIpc) is 2.13. The number of hydrogen-bond acceptors (Lipinski definition) is 3. The van der Waals surface area contributed by atoms with E-state index in [0.29, 0.717) is 0 Å². The van der Waals surface area contributed by atoms with Crippen molar-refractivity contribution in [3.05, 3.63) is 0 Å². The topological polar surface area (TPSA) is 60.4 Å². The molecule has 0 unspecified atom stereocenters. The minimum Gasteiger partial charge on any atom is -0.550 e. The Morgan fingerprint density at radius 2 is 2.45 bits per heavy atom. The van der Waals surface area contributed by atoms with Crippen LogP contribution in [0.15, 0.2) is 0 Å².